The van der Waals surface area contributed by atoms with Crippen molar-refractivity contribution in [3.8, 4) is 0 Å². The van der Waals surface area contributed by atoms with Crippen LogP contribution in [0.3, 0.4) is 0 Å². The largest absolute Gasteiger partial charge is 0.354 e. The molecule has 2 aromatic rings. The molecule has 146 valence electrons. The minimum atomic E-state index is -0.849. The average Bonchev–Trinajstić information content (AvgIpc) is 3.07. The van der Waals surface area contributed by atoms with Gasteiger partial charge < -0.3 is 15.5 Å². The highest BCUT2D eigenvalue weighted by Crippen LogP contribution is 2.27. The molecular weight excluding hydrogens is 368 g/mol. The van der Waals surface area contributed by atoms with Gasteiger partial charge in [0.05, 0.1) is 11.6 Å². The predicted molar refractivity (Wildman–Crippen MR) is 98.6 cm³/mol. The lowest BCUT2D eigenvalue weighted by Gasteiger charge is -2.17. The van der Waals surface area contributed by atoms with Crippen molar-refractivity contribution in [2.75, 3.05) is 24.5 Å². The van der Waals surface area contributed by atoms with Crippen LogP contribution in [0.5, 0.6) is 0 Å². The molecule has 1 heterocycles. The molecule has 0 aliphatic carbocycles. The van der Waals surface area contributed by atoms with E-state index in [2.05, 4.69) is 10.6 Å². The molecule has 3 rings (SSSR count). The van der Waals surface area contributed by atoms with E-state index >= 15 is 0 Å². The van der Waals surface area contributed by atoms with Gasteiger partial charge in [-0.05, 0) is 24.3 Å². The molecule has 6 nitrogen and oxygen atoms in total. The molecule has 28 heavy (non-hydrogen) atoms. The van der Waals surface area contributed by atoms with E-state index < -0.39 is 23.5 Å². The Labute approximate surface area is 160 Å². The summed E-state index contributed by atoms with van der Waals surface area (Å²) in [6, 6.07) is 11.6. The van der Waals surface area contributed by atoms with Gasteiger partial charge >= 0.3 is 0 Å². The van der Waals surface area contributed by atoms with Gasteiger partial charge in [0.15, 0.2) is 0 Å². The Morgan fingerprint density at radius 1 is 1.04 bits per heavy atom. The second-order valence-corrected chi connectivity index (χ2v) is 6.41. The number of hydrogen-bond acceptors (Lipinski definition) is 3. The van der Waals surface area contributed by atoms with Crippen molar-refractivity contribution in [2.45, 2.75) is 6.42 Å². The molecule has 1 atom stereocenters. The SMILES string of the molecule is O=C(NCCNC(=O)C1CC(=O)N(c2ccc(F)cc2F)C1)c1ccccc1. The molecule has 2 N–H and O–H groups in total. The van der Waals surface area contributed by atoms with Crippen LogP contribution >= 0.6 is 0 Å². The monoisotopic (exact) mass is 387 g/mol. The Morgan fingerprint density at radius 2 is 1.75 bits per heavy atom. The number of rotatable bonds is 6. The van der Waals surface area contributed by atoms with E-state index in [1.807, 2.05) is 0 Å². The summed E-state index contributed by atoms with van der Waals surface area (Å²) in [5.41, 5.74) is 0.476. The van der Waals surface area contributed by atoms with Crippen LogP contribution in [-0.2, 0) is 9.59 Å². The van der Waals surface area contributed by atoms with E-state index in [-0.39, 0.29) is 43.6 Å². The number of carbonyl (C=O) groups is 3. The second-order valence-electron chi connectivity index (χ2n) is 6.41. The van der Waals surface area contributed by atoms with E-state index in [0.717, 1.165) is 11.0 Å². The molecule has 0 bridgehead atoms. The minimum Gasteiger partial charge on any atom is -0.354 e. The molecule has 8 heteroatoms. The van der Waals surface area contributed by atoms with Crippen LogP contribution in [-0.4, -0.2) is 37.4 Å². The molecule has 0 spiro atoms. The Morgan fingerprint density at radius 3 is 2.46 bits per heavy atom. The maximum absolute atomic E-state index is 13.9. The van der Waals surface area contributed by atoms with Crippen molar-refractivity contribution in [2.24, 2.45) is 5.92 Å². The zero-order chi connectivity index (χ0) is 20.1. The van der Waals surface area contributed by atoms with E-state index in [1.165, 1.54) is 6.07 Å². The fourth-order valence-electron chi connectivity index (χ4n) is 3.01. The molecule has 1 unspecified atom stereocenters. The van der Waals surface area contributed by atoms with Crippen molar-refractivity contribution < 1.29 is 23.2 Å². The van der Waals surface area contributed by atoms with Gasteiger partial charge in [0.25, 0.3) is 5.91 Å². The molecule has 1 aliphatic heterocycles. The lowest BCUT2D eigenvalue weighted by atomic mass is 10.1. The van der Waals surface area contributed by atoms with Crippen LogP contribution in [0, 0.1) is 17.6 Å². The molecule has 2 aromatic carbocycles. The van der Waals surface area contributed by atoms with Crippen LogP contribution in [0.1, 0.15) is 16.8 Å². The summed E-state index contributed by atoms with van der Waals surface area (Å²) in [6.07, 6.45) is -0.0565. The first-order valence-electron chi connectivity index (χ1n) is 8.82. The zero-order valence-corrected chi connectivity index (χ0v) is 15.0. The Hall–Kier alpha value is -3.29. The van der Waals surface area contributed by atoms with Crippen LogP contribution < -0.4 is 15.5 Å². The van der Waals surface area contributed by atoms with Gasteiger partial charge in [-0.15, -0.1) is 0 Å². The zero-order valence-electron chi connectivity index (χ0n) is 15.0. The van der Waals surface area contributed by atoms with Crippen LogP contribution in [0.25, 0.3) is 0 Å². The van der Waals surface area contributed by atoms with Gasteiger partial charge in [0.1, 0.15) is 11.6 Å². The van der Waals surface area contributed by atoms with Crippen molar-refractivity contribution in [1.82, 2.24) is 10.6 Å². The van der Waals surface area contributed by atoms with Gasteiger partial charge in [-0.3, -0.25) is 14.4 Å². The number of carbonyl (C=O) groups excluding carboxylic acids is 3. The van der Waals surface area contributed by atoms with Crippen LogP contribution in [0.4, 0.5) is 14.5 Å². The highest BCUT2D eigenvalue weighted by atomic mass is 19.1. The quantitative estimate of drug-likeness (QED) is 0.743. The highest BCUT2D eigenvalue weighted by molar-refractivity contribution is 6.00. The molecule has 1 fully saturated rings. The lowest BCUT2D eigenvalue weighted by molar-refractivity contribution is -0.126. The fraction of sp³-hybridized carbons (Fsp3) is 0.250. The van der Waals surface area contributed by atoms with Crippen LogP contribution in [0.15, 0.2) is 48.5 Å². The first-order valence-corrected chi connectivity index (χ1v) is 8.82. The molecule has 1 aliphatic rings. The number of nitrogens with one attached hydrogen (secondary N) is 2. The third-order valence-corrected chi connectivity index (χ3v) is 4.44. The topological polar surface area (TPSA) is 78.5 Å². The molecule has 0 radical (unpaired) electrons. The highest BCUT2D eigenvalue weighted by Gasteiger charge is 2.36. The predicted octanol–water partition coefficient (Wildman–Crippen LogP) is 1.86. The smallest absolute Gasteiger partial charge is 0.251 e. The normalized spacial score (nSPS) is 16.1. The maximum atomic E-state index is 13.9. The fourth-order valence-corrected chi connectivity index (χ4v) is 3.01. The number of nitrogens with zero attached hydrogens (tertiary/aromatic N) is 1. The summed E-state index contributed by atoms with van der Waals surface area (Å²) in [4.78, 5) is 37.5. The molecule has 0 saturated carbocycles. The number of halogens is 2. The molecule has 3 amide bonds. The van der Waals surface area contributed by atoms with Gasteiger partial charge in [-0.25, -0.2) is 8.78 Å². The van der Waals surface area contributed by atoms with Crippen molar-refractivity contribution >= 4 is 23.4 Å². The van der Waals surface area contributed by atoms with E-state index in [1.54, 1.807) is 30.3 Å². The standard InChI is InChI=1S/C20H19F2N3O3/c21-15-6-7-17(16(22)11-15)25-12-14(10-18(25)26)20(28)24-9-8-23-19(27)13-4-2-1-3-5-13/h1-7,11,14H,8-10,12H2,(H,23,27)(H,24,28). The number of anilines is 1. The first kappa shape index (κ1) is 19.5. The summed E-state index contributed by atoms with van der Waals surface area (Å²) in [5, 5.41) is 5.35. The summed E-state index contributed by atoms with van der Waals surface area (Å²) in [6.45, 7) is 0.451. The van der Waals surface area contributed by atoms with Gasteiger partial charge in [-0.2, -0.15) is 0 Å². The van der Waals surface area contributed by atoms with Crippen LogP contribution in [0.2, 0.25) is 0 Å². The number of hydrogen-bond donors (Lipinski definition) is 2. The van der Waals surface area contributed by atoms with E-state index in [9.17, 15) is 23.2 Å². The summed E-state index contributed by atoms with van der Waals surface area (Å²) in [7, 11) is 0. The van der Waals surface area contributed by atoms with Gasteiger partial charge in [0, 0.05) is 37.7 Å². The molecule has 1 saturated heterocycles. The maximum Gasteiger partial charge on any atom is 0.251 e. The third kappa shape index (κ3) is 4.51. The number of benzene rings is 2. The first-order chi connectivity index (χ1) is 13.5. The van der Waals surface area contributed by atoms with Crippen molar-refractivity contribution in [3.63, 3.8) is 0 Å². The van der Waals surface area contributed by atoms with E-state index in [4.69, 9.17) is 0 Å². The Bertz CT molecular complexity index is 890. The second kappa shape index (κ2) is 8.60. The molecule has 0 aromatic heterocycles. The number of amides is 3. The van der Waals surface area contributed by atoms with Gasteiger partial charge in [0.2, 0.25) is 11.8 Å². The minimum absolute atomic E-state index is 0.0175. The molecular formula is C20H19F2N3O3. The average molecular weight is 387 g/mol. The van der Waals surface area contributed by atoms with Crippen molar-refractivity contribution in [3.05, 3.63) is 65.7 Å². The summed E-state index contributed by atoms with van der Waals surface area (Å²) < 4.78 is 26.9. The summed E-state index contributed by atoms with van der Waals surface area (Å²) in [5.74, 6) is -3.22. The third-order valence-electron chi connectivity index (χ3n) is 4.44. The summed E-state index contributed by atoms with van der Waals surface area (Å²) >= 11 is 0. The van der Waals surface area contributed by atoms with Crippen molar-refractivity contribution in [1.29, 1.82) is 0 Å². The van der Waals surface area contributed by atoms with E-state index in [0.29, 0.717) is 11.6 Å². The lowest BCUT2D eigenvalue weighted by Crippen LogP contribution is -2.38. The van der Waals surface area contributed by atoms with Gasteiger partial charge in [-0.1, -0.05) is 18.2 Å². The Balaban J connectivity index is 1.47. The Kier molecular flexibility index (Phi) is 5.98.